The molecule has 3 rings (SSSR count). The first-order chi connectivity index (χ1) is 11.6. The Morgan fingerprint density at radius 3 is 2.75 bits per heavy atom. The number of fused-ring (bicyclic) bond motifs is 3. The molecule has 24 heavy (non-hydrogen) atoms. The predicted molar refractivity (Wildman–Crippen MR) is 93.2 cm³/mol. The standard InChI is InChI=1S/C19H20N3O2/c1-2-10-22(18(20)21)19(23)24-12-14-7-5-9-16-15-8-4-3-6-13(15)11-17(14)16/h3-10H,2,11-12H2,1H3,(H3,20,21). The fourth-order valence-corrected chi connectivity index (χ4v) is 3.02. The molecule has 0 bridgehead atoms. The van der Waals surface area contributed by atoms with Crippen molar-refractivity contribution in [1.82, 2.24) is 4.90 Å². The van der Waals surface area contributed by atoms with Gasteiger partial charge in [0.05, 0.1) is 6.54 Å². The Bertz CT molecular complexity index is 786. The summed E-state index contributed by atoms with van der Waals surface area (Å²) in [6.45, 7) is 3.57. The number of carbonyl (C=O) groups excluding carboxylic acids is 1. The van der Waals surface area contributed by atoms with E-state index in [4.69, 9.17) is 15.9 Å². The maximum atomic E-state index is 12.1. The van der Waals surface area contributed by atoms with Crippen molar-refractivity contribution in [2.75, 3.05) is 0 Å². The number of benzene rings is 2. The molecule has 0 unspecified atom stereocenters. The van der Waals surface area contributed by atoms with Gasteiger partial charge in [-0.15, -0.1) is 0 Å². The summed E-state index contributed by atoms with van der Waals surface area (Å²) in [6, 6.07) is 14.4. The van der Waals surface area contributed by atoms with Gasteiger partial charge >= 0.3 is 6.09 Å². The topological polar surface area (TPSA) is 79.4 Å². The molecule has 0 aliphatic heterocycles. The predicted octanol–water partition coefficient (Wildman–Crippen LogP) is 3.66. The molecule has 0 saturated heterocycles. The van der Waals surface area contributed by atoms with Crippen LogP contribution in [0.4, 0.5) is 4.79 Å². The van der Waals surface area contributed by atoms with Crippen molar-refractivity contribution >= 4 is 12.1 Å². The SMILES string of the molecule is CC[CH]N(C(=N)N)C(=O)OCc1cccc2c1Cc1ccccc1-2. The number of rotatable bonds is 4. The van der Waals surface area contributed by atoms with Crippen LogP contribution in [0.25, 0.3) is 11.1 Å². The van der Waals surface area contributed by atoms with E-state index in [0.29, 0.717) is 6.42 Å². The summed E-state index contributed by atoms with van der Waals surface area (Å²) >= 11 is 0. The summed E-state index contributed by atoms with van der Waals surface area (Å²) in [6.07, 6.45) is 0.805. The van der Waals surface area contributed by atoms with Gasteiger partial charge in [-0.2, -0.15) is 0 Å². The zero-order chi connectivity index (χ0) is 17.1. The molecule has 5 heteroatoms. The quantitative estimate of drug-likeness (QED) is 0.568. The van der Waals surface area contributed by atoms with Crippen LogP contribution in [0.2, 0.25) is 0 Å². The van der Waals surface area contributed by atoms with Gasteiger partial charge in [-0.1, -0.05) is 49.4 Å². The molecule has 2 aromatic rings. The molecule has 2 aromatic carbocycles. The van der Waals surface area contributed by atoms with Crippen LogP contribution >= 0.6 is 0 Å². The number of nitrogens with zero attached hydrogens (tertiary/aromatic N) is 1. The Kier molecular flexibility index (Phi) is 4.51. The normalized spacial score (nSPS) is 11.5. The first-order valence-electron chi connectivity index (χ1n) is 7.94. The van der Waals surface area contributed by atoms with Gasteiger partial charge in [0.2, 0.25) is 0 Å². The summed E-state index contributed by atoms with van der Waals surface area (Å²) in [7, 11) is 0. The van der Waals surface area contributed by atoms with Crippen LogP contribution in [-0.2, 0) is 17.8 Å². The van der Waals surface area contributed by atoms with E-state index in [-0.39, 0.29) is 12.6 Å². The number of carbonyl (C=O) groups is 1. The van der Waals surface area contributed by atoms with E-state index in [1.54, 1.807) is 0 Å². The molecule has 123 valence electrons. The monoisotopic (exact) mass is 322 g/mol. The molecule has 3 N–H and O–H groups in total. The third-order valence-electron chi connectivity index (χ3n) is 4.12. The zero-order valence-corrected chi connectivity index (χ0v) is 13.6. The average molecular weight is 322 g/mol. The molecule has 0 aromatic heterocycles. The maximum Gasteiger partial charge on any atom is 0.417 e. The second-order valence-corrected chi connectivity index (χ2v) is 5.68. The second-order valence-electron chi connectivity index (χ2n) is 5.68. The van der Waals surface area contributed by atoms with Gasteiger partial charge in [0.25, 0.3) is 0 Å². The van der Waals surface area contributed by atoms with Crippen LogP contribution in [0.5, 0.6) is 0 Å². The average Bonchev–Trinajstić information content (AvgIpc) is 2.96. The molecular weight excluding hydrogens is 302 g/mol. The molecule has 0 heterocycles. The number of hydrogen-bond acceptors (Lipinski definition) is 3. The molecule has 1 radical (unpaired) electrons. The largest absolute Gasteiger partial charge is 0.444 e. The van der Waals surface area contributed by atoms with Crippen molar-refractivity contribution < 1.29 is 9.53 Å². The van der Waals surface area contributed by atoms with E-state index in [2.05, 4.69) is 18.2 Å². The summed E-state index contributed by atoms with van der Waals surface area (Å²) < 4.78 is 5.36. The Hall–Kier alpha value is -2.82. The van der Waals surface area contributed by atoms with Crippen LogP contribution in [0, 0.1) is 12.0 Å². The van der Waals surface area contributed by atoms with E-state index < -0.39 is 6.09 Å². The van der Waals surface area contributed by atoms with Gasteiger partial charge in [0, 0.05) is 0 Å². The number of ether oxygens (including phenoxy) is 1. The van der Waals surface area contributed by atoms with Gasteiger partial charge in [0.1, 0.15) is 6.61 Å². The number of nitrogens with one attached hydrogen (secondary N) is 1. The van der Waals surface area contributed by atoms with Gasteiger partial charge in [-0.25, -0.2) is 9.69 Å². The summed E-state index contributed by atoms with van der Waals surface area (Å²) in [4.78, 5) is 13.1. The highest BCUT2D eigenvalue weighted by atomic mass is 16.6. The van der Waals surface area contributed by atoms with E-state index in [9.17, 15) is 4.79 Å². The van der Waals surface area contributed by atoms with E-state index in [0.717, 1.165) is 16.9 Å². The minimum absolute atomic E-state index is 0.164. The fourth-order valence-electron chi connectivity index (χ4n) is 3.02. The van der Waals surface area contributed by atoms with Crippen LogP contribution in [0.15, 0.2) is 42.5 Å². The van der Waals surface area contributed by atoms with E-state index in [1.165, 1.54) is 28.8 Å². The third kappa shape index (κ3) is 2.97. The highest BCUT2D eigenvalue weighted by molar-refractivity contribution is 5.92. The summed E-state index contributed by atoms with van der Waals surface area (Å²) in [5.41, 5.74) is 11.3. The van der Waals surface area contributed by atoms with Crippen molar-refractivity contribution in [2.45, 2.75) is 26.4 Å². The number of hydrogen-bond donors (Lipinski definition) is 2. The maximum absolute atomic E-state index is 12.1. The highest BCUT2D eigenvalue weighted by Gasteiger charge is 2.22. The molecule has 0 atom stereocenters. The van der Waals surface area contributed by atoms with Gasteiger partial charge < -0.3 is 10.5 Å². The van der Waals surface area contributed by atoms with Crippen LogP contribution < -0.4 is 5.73 Å². The second kappa shape index (κ2) is 6.74. The smallest absolute Gasteiger partial charge is 0.417 e. The van der Waals surface area contributed by atoms with Crippen LogP contribution in [-0.4, -0.2) is 17.0 Å². The van der Waals surface area contributed by atoms with E-state index in [1.807, 2.05) is 31.2 Å². The van der Waals surface area contributed by atoms with E-state index >= 15 is 0 Å². The van der Waals surface area contributed by atoms with Gasteiger partial charge in [-0.05, 0) is 40.7 Å². The minimum atomic E-state index is -0.627. The number of nitrogens with two attached hydrogens (primary N) is 1. The van der Waals surface area contributed by atoms with Crippen molar-refractivity contribution in [2.24, 2.45) is 5.73 Å². The Balaban J connectivity index is 1.76. The summed E-state index contributed by atoms with van der Waals surface area (Å²) in [5.74, 6) is -0.340. The van der Waals surface area contributed by atoms with Crippen molar-refractivity contribution in [3.05, 3.63) is 65.7 Å². The molecule has 0 saturated carbocycles. The van der Waals surface area contributed by atoms with Crippen LogP contribution in [0.3, 0.4) is 0 Å². The Labute approximate surface area is 141 Å². The van der Waals surface area contributed by atoms with Crippen LogP contribution in [0.1, 0.15) is 30.0 Å². The molecule has 1 aliphatic carbocycles. The third-order valence-corrected chi connectivity index (χ3v) is 4.12. The minimum Gasteiger partial charge on any atom is -0.444 e. The van der Waals surface area contributed by atoms with Crippen molar-refractivity contribution in [1.29, 1.82) is 5.41 Å². The molecule has 0 fully saturated rings. The Morgan fingerprint density at radius 2 is 2.00 bits per heavy atom. The van der Waals surface area contributed by atoms with Crippen molar-refractivity contribution in [3.63, 3.8) is 0 Å². The van der Waals surface area contributed by atoms with Gasteiger partial charge in [-0.3, -0.25) is 5.41 Å². The first kappa shape index (κ1) is 16.1. The molecule has 5 nitrogen and oxygen atoms in total. The molecule has 1 aliphatic rings. The number of amides is 1. The fraction of sp³-hybridized carbons (Fsp3) is 0.211. The summed E-state index contributed by atoms with van der Waals surface area (Å²) in [5, 5.41) is 7.45. The van der Waals surface area contributed by atoms with Gasteiger partial charge in [0.15, 0.2) is 5.96 Å². The number of guanidine groups is 1. The lowest BCUT2D eigenvalue weighted by molar-refractivity contribution is 0.121. The lowest BCUT2D eigenvalue weighted by Gasteiger charge is -2.19. The lowest BCUT2D eigenvalue weighted by atomic mass is 10.0. The Morgan fingerprint density at radius 1 is 1.25 bits per heavy atom. The molecule has 0 spiro atoms. The lowest BCUT2D eigenvalue weighted by Crippen LogP contribution is -2.39. The van der Waals surface area contributed by atoms with Crippen molar-refractivity contribution in [3.8, 4) is 11.1 Å². The zero-order valence-electron chi connectivity index (χ0n) is 13.6. The molecule has 1 amide bonds. The highest BCUT2D eigenvalue weighted by Crippen LogP contribution is 2.38. The first-order valence-corrected chi connectivity index (χ1v) is 7.94. The molecular formula is C19H20N3O2.